The van der Waals surface area contributed by atoms with Crippen molar-refractivity contribution in [2.45, 2.75) is 6.92 Å². The number of rotatable bonds is 6. The van der Waals surface area contributed by atoms with Crippen LogP contribution < -0.4 is 5.73 Å². The van der Waals surface area contributed by atoms with Gasteiger partial charge in [-0.2, -0.15) is 0 Å². The second-order valence-electron chi connectivity index (χ2n) is 4.07. The molecule has 1 rings (SSSR count). The molecular weight excluding hydrogens is 228 g/mol. The molecule has 18 heavy (non-hydrogen) atoms. The number of nitrogens with zero attached hydrogens (tertiary/aromatic N) is 1. The third-order valence-corrected chi connectivity index (χ3v) is 2.72. The maximum absolute atomic E-state index is 12.4. The summed E-state index contributed by atoms with van der Waals surface area (Å²) in [6.07, 6.45) is 1.70. The van der Waals surface area contributed by atoms with Gasteiger partial charge in [0.25, 0.3) is 5.91 Å². The zero-order chi connectivity index (χ0) is 13.5. The van der Waals surface area contributed by atoms with E-state index in [0.717, 1.165) is 5.56 Å². The molecule has 98 valence electrons. The summed E-state index contributed by atoms with van der Waals surface area (Å²) < 4.78 is 5.01. The van der Waals surface area contributed by atoms with Gasteiger partial charge in [-0.25, -0.2) is 0 Å². The molecule has 0 aliphatic rings. The summed E-state index contributed by atoms with van der Waals surface area (Å²) in [5, 5.41) is 0. The van der Waals surface area contributed by atoms with Crippen LogP contribution in [-0.4, -0.2) is 37.6 Å². The molecule has 1 aromatic carbocycles. The molecule has 0 aliphatic heterocycles. The Labute approximate surface area is 108 Å². The number of amides is 1. The van der Waals surface area contributed by atoms with E-state index in [1.807, 2.05) is 19.1 Å². The van der Waals surface area contributed by atoms with Crippen molar-refractivity contribution in [1.82, 2.24) is 4.90 Å². The minimum Gasteiger partial charge on any atom is -0.398 e. The van der Waals surface area contributed by atoms with E-state index in [1.165, 1.54) is 0 Å². The van der Waals surface area contributed by atoms with Crippen molar-refractivity contribution in [1.29, 1.82) is 0 Å². The average Bonchev–Trinajstić information content (AvgIpc) is 2.34. The van der Waals surface area contributed by atoms with Crippen LogP contribution in [0.1, 0.15) is 15.9 Å². The van der Waals surface area contributed by atoms with Gasteiger partial charge in [-0.1, -0.05) is 18.2 Å². The molecule has 0 spiro atoms. The van der Waals surface area contributed by atoms with Crippen molar-refractivity contribution in [2.75, 3.05) is 32.5 Å². The number of aryl methyl sites for hydroxylation is 1. The summed E-state index contributed by atoms with van der Waals surface area (Å²) in [5.74, 6) is -0.0810. The lowest BCUT2D eigenvalue weighted by Gasteiger charge is -2.22. The van der Waals surface area contributed by atoms with E-state index in [2.05, 4.69) is 6.58 Å². The van der Waals surface area contributed by atoms with Gasteiger partial charge in [0.05, 0.1) is 12.2 Å². The van der Waals surface area contributed by atoms with E-state index < -0.39 is 0 Å². The van der Waals surface area contributed by atoms with Crippen molar-refractivity contribution in [3.63, 3.8) is 0 Å². The molecule has 2 N–H and O–H groups in total. The van der Waals surface area contributed by atoms with Crippen molar-refractivity contribution < 1.29 is 9.53 Å². The van der Waals surface area contributed by atoms with E-state index in [9.17, 15) is 4.79 Å². The van der Waals surface area contributed by atoms with Gasteiger partial charge in [-0.3, -0.25) is 4.79 Å². The quantitative estimate of drug-likeness (QED) is 0.617. The largest absolute Gasteiger partial charge is 0.398 e. The van der Waals surface area contributed by atoms with Crippen molar-refractivity contribution in [3.8, 4) is 0 Å². The fourth-order valence-electron chi connectivity index (χ4n) is 1.77. The minimum absolute atomic E-state index is 0.0810. The second-order valence-corrected chi connectivity index (χ2v) is 4.07. The first-order valence-corrected chi connectivity index (χ1v) is 5.86. The van der Waals surface area contributed by atoms with Gasteiger partial charge in [-0.05, 0) is 18.6 Å². The van der Waals surface area contributed by atoms with Gasteiger partial charge in [0.1, 0.15) is 0 Å². The molecule has 0 saturated heterocycles. The third kappa shape index (κ3) is 3.34. The molecule has 0 bridgehead atoms. The highest BCUT2D eigenvalue weighted by molar-refractivity contribution is 6.00. The monoisotopic (exact) mass is 248 g/mol. The number of hydrogen-bond acceptors (Lipinski definition) is 3. The summed E-state index contributed by atoms with van der Waals surface area (Å²) >= 11 is 0. The van der Waals surface area contributed by atoms with E-state index in [4.69, 9.17) is 10.5 Å². The fraction of sp³-hybridized carbons (Fsp3) is 0.357. The van der Waals surface area contributed by atoms with Crippen LogP contribution in [0.25, 0.3) is 0 Å². The summed E-state index contributed by atoms with van der Waals surface area (Å²) in [5.41, 5.74) is 7.83. The lowest BCUT2D eigenvalue weighted by Crippen LogP contribution is -2.35. The zero-order valence-corrected chi connectivity index (χ0v) is 11.0. The molecule has 4 heteroatoms. The number of ether oxygens (including phenoxy) is 1. The molecular formula is C14H20N2O2. The van der Waals surface area contributed by atoms with E-state index in [1.54, 1.807) is 24.2 Å². The Hall–Kier alpha value is -1.81. The first kappa shape index (κ1) is 14.3. The number of methoxy groups -OCH3 is 1. The predicted octanol–water partition coefficient (Wildman–Crippen LogP) is 1.85. The van der Waals surface area contributed by atoms with Crippen LogP contribution in [0.2, 0.25) is 0 Å². The molecule has 0 aliphatic carbocycles. The molecule has 0 fully saturated rings. The molecule has 0 heterocycles. The Bertz CT molecular complexity index is 410. The van der Waals surface area contributed by atoms with E-state index in [-0.39, 0.29) is 5.91 Å². The number of nitrogens with two attached hydrogens (primary N) is 1. The highest BCUT2D eigenvalue weighted by atomic mass is 16.5. The topological polar surface area (TPSA) is 55.6 Å². The number of carbonyl (C=O) groups excluding carboxylic acids is 1. The number of nitrogen functional groups attached to an aromatic ring is 1. The van der Waals surface area contributed by atoms with Crippen LogP contribution in [0.3, 0.4) is 0 Å². The number of anilines is 1. The number of hydrogen-bond donors (Lipinski definition) is 1. The molecule has 0 radical (unpaired) electrons. The second kappa shape index (κ2) is 6.81. The van der Waals surface area contributed by atoms with Crippen molar-refractivity contribution in [3.05, 3.63) is 42.0 Å². The lowest BCUT2D eigenvalue weighted by molar-refractivity contribution is 0.0718. The molecule has 1 amide bonds. The van der Waals surface area contributed by atoms with E-state index in [0.29, 0.717) is 30.9 Å². The normalized spacial score (nSPS) is 10.1. The van der Waals surface area contributed by atoms with Gasteiger partial charge in [0.2, 0.25) is 0 Å². The van der Waals surface area contributed by atoms with Crippen LogP contribution in [0.4, 0.5) is 5.69 Å². The Balaban J connectivity index is 2.97. The number of carbonyl (C=O) groups is 1. The van der Waals surface area contributed by atoms with Crippen LogP contribution >= 0.6 is 0 Å². The predicted molar refractivity (Wildman–Crippen MR) is 73.6 cm³/mol. The standard InChI is InChI=1S/C14H20N2O2/c1-4-8-16(9-10-18-3)14(17)13-11(2)6-5-7-12(13)15/h4-7H,1,8-10,15H2,2-3H3. The smallest absolute Gasteiger partial charge is 0.256 e. The highest BCUT2D eigenvalue weighted by Crippen LogP contribution is 2.18. The van der Waals surface area contributed by atoms with Crippen LogP contribution in [0.15, 0.2) is 30.9 Å². The minimum atomic E-state index is -0.0810. The van der Waals surface area contributed by atoms with Gasteiger partial charge in [0, 0.05) is 25.9 Å². The first-order chi connectivity index (χ1) is 8.61. The molecule has 0 unspecified atom stereocenters. The van der Waals surface area contributed by atoms with Crippen LogP contribution in [0, 0.1) is 6.92 Å². The SMILES string of the molecule is C=CCN(CCOC)C(=O)c1c(C)cccc1N. The van der Waals surface area contributed by atoms with Gasteiger partial charge < -0.3 is 15.4 Å². The molecule has 1 aromatic rings. The third-order valence-electron chi connectivity index (χ3n) is 2.72. The molecule has 0 aromatic heterocycles. The van der Waals surface area contributed by atoms with E-state index >= 15 is 0 Å². The van der Waals surface area contributed by atoms with Gasteiger partial charge in [-0.15, -0.1) is 6.58 Å². The summed E-state index contributed by atoms with van der Waals surface area (Å²) in [7, 11) is 1.61. The molecule has 0 saturated carbocycles. The highest BCUT2D eigenvalue weighted by Gasteiger charge is 2.18. The zero-order valence-electron chi connectivity index (χ0n) is 11.0. The van der Waals surface area contributed by atoms with Crippen molar-refractivity contribution >= 4 is 11.6 Å². The summed E-state index contributed by atoms with van der Waals surface area (Å²) in [4.78, 5) is 14.1. The Morgan fingerprint density at radius 2 is 2.28 bits per heavy atom. The molecule has 0 atom stereocenters. The van der Waals surface area contributed by atoms with Gasteiger partial charge >= 0.3 is 0 Å². The Morgan fingerprint density at radius 3 is 2.83 bits per heavy atom. The lowest BCUT2D eigenvalue weighted by atomic mass is 10.1. The Kier molecular flexibility index (Phi) is 5.39. The fourth-order valence-corrected chi connectivity index (χ4v) is 1.77. The first-order valence-electron chi connectivity index (χ1n) is 5.86. The van der Waals surface area contributed by atoms with Crippen LogP contribution in [-0.2, 0) is 4.74 Å². The summed E-state index contributed by atoms with van der Waals surface area (Å²) in [6.45, 7) is 7.04. The van der Waals surface area contributed by atoms with Crippen LogP contribution in [0.5, 0.6) is 0 Å². The number of benzene rings is 1. The maximum atomic E-state index is 12.4. The average molecular weight is 248 g/mol. The summed E-state index contributed by atoms with van der Waals surface area (Å²) in [6, 6.07) is 5.46. The molecule has 4 nitrogen and oxygen atoms in total. The van der Waals surface area contributed by atoms with Crippen molar-refractivity contribution in [2.24, 2.45) is 0 Å². The maximum Gasteiger partial charge on any atom is 0.256 e. The van der Waals surface area contributed by atoms with Gasteiger partial charge in [0.15, 0.2) is 0 Å². The Morgan fingerprint density at radius 1 is 1.56 bits per heavy atom.